The topological polar surface area (TPSA) is 107 Å². The molecule has 13 heteroatoms. The number of carboxylic acid groups (broad SMARTS) is 1. The van der Waals surface area contributed by atoms with Crippen LogP contribution in [-0.4, -0.2) is 43.2 Å². The van der Waals surface area contributed by atoms with Crippen molar-refractivity contribution in [1.82, 2.24) is 0 Å². The lowest BCUT2D eigenvalue weighted by Gasteiger charge is -2.40. The van der Waals surface area contributed by atoms with E-state index in [0.29, 0.717) is 0 Å². The number of ether oxygens (including phenoxy) is 1. The predicted molar refractivity (Wildman–Crippen MR) is 155 cm³/mol. The molecule has 4 aromatic carbocycles. The predicted octanol–water partition coefficient (Wildman–Crippen LogP) is 7.79. The Morgan fingerprint density at radius 2 is 1.07 bits per heavy atom. The Kier molecular flexibility index (Phi) is 9.81. The van der Waals surface area contributed by atoms with E-state index in [9.17, 15) is 23.1 Å². The number of benzene rings is 4. The van der Waals surface area contributed by atoms with Crippen LogP contribution >= 0.6 is 10.3 Å². The molecule has 0 aliphatic carbocycles. The summed E-state index contributed by atoms with van der Waals surface area (Å²) in [5, 5.41) is 3.50. The molecule has 0 saturated carbocycles. The molecule has 0 spiro atoms. The number of carboxylic acids is 1. The summed E-state index contributed by atoms with van der Waals surface area (Å²) in [5.41, 5.74) is -0.769. The zero-order valence-corrected chi connectivity index (χ0v) is 24.4. The third-order valence-corrected chi connectivity index (χ3v) is 11.7. The van der Waals surface area contributed by atoms with E-state index in [1.807, 2.05) is 0 Å². The fraction of sp³-hybridized carbons (Fsp3) is 0.161. The number of hydrogen-bond acceptors (Lipinski definition) is 6. The van der Waals surface area contributed by atoms with E-state index in [1.54, 1.807) is 54.6 Å². The Hall–Kier alpha value is -4.20. The summed E-state index contributed by atoms with van der Waals surface area (Å²) in [4.78, 5) is 24.1. The molecule has 4 rings (SSSR count). The molecule has 0 radical (unpaired) electrons. The van der Waals surface area contributed by atoms with Crippen LogP contribution in [0, 0.1) is 0 Å². The summed E-state index contributed by atoms with van der Waals surface area (Å²) in [7, 11) is -9.88. The minimum Gasteiger partial charge on any atom is -0.478 e. The van der Waals surface area contributed by atoms with Gasteiger partial charge < -0.3 is 9.84 Å². The van der Waals surface area contributed by atoms with Gasteiger partial charge in [-0.25, -0.2) is 13.2 Å². The van der Waals surface area contributed by atoms with E-state index >= 15 is 17.6 Å². The Bertz CT molecular complexity index is 1610. The molecule has 232 valence electrons. The van der Waals surface area contributed by atoms with Crippen LogP contribution in [0.2, 0.25) is 0 Å². The largest absolute Gasteiger partial charge is 0.478 e. The SMILES string of the molecule is O=C(O)c1ccccc1C(=O)OCCCC(F)(F)C(F)(F)S(=O)(=O)OS(c1ccccc1)(c1ccccc1)c1ccccc1. The van der Waals surface area contributed by atoms with Crippen LogP contribution in [0.3, 0.4) is 0 Å². The van der Waals surface area contributed by atoms with Gasteiger partial charge in [0.25, 0.3) is 0 Å². The Labute approximate surface area is 252 Å². The van der Waals surface area contributed by atoms with Crippen molar-refractivity contribution in [3.05, 3.63) is 126 Å². The molecular formula is C31H26F4O7S2. The number of carbonyl (C=O) groups excluding carboxylic acids is 1. The maximum Gasteiger partial charge on any atom is 0.432 e. The lowest BCUT2D eigenvalue weighted by atomic mass is 10.1. The minimum atomic E-state index is -6.35. The van der Waals surface area contributed by atoms with Crippen LogP contribution < -0.4 is 0 Å². The third-order valence-electron chi connectivity index (χ3n) is 6.40. The van der Waals surface area contributed by atoms with Crippen LogP contribution in [0.1, 0.15) is 33.6 Å². The number of esters is 1. The summed E-state index contributed by atoms with van der Waals surface area (Å²) in [6.07, 6.45) is -2.56. The van der Waals surface area contributed by atoms with E-state index in [-0.39, 0.29) is 20.2 Å². The average Bonchev–Trinajstić information content (AvgIpc) is 3.03. The van der Waals surface area contributed by atoms with Crippen molar-refractivity contribution in [2.24, 2.45) is 0 Å². The minimum absolute atomic E-state index is 0.175. The first-order valence-corrected chi connectivity index (χ1v) is 16.0. The molecule has 0 unspecified atom stereocenters. The fourth-order valence-corrected chi connectivity index (χ4v) is 9.52. The molecule has 0 atom stereocenters. The number of aromatic carboxylic acids is 1. The zero-order valence-electron chi connectivity index (χ0n) is 22.8. The molecule has 0 aliphatic heterocycles. The van der Waals surface area contributed by atoms with Crippen molar-refractivity contribution in [2.75, 3.05) is 6.61 Å². The van der Waals surface area contributed by atoms with Gasteiger partial charge in [0.15, 0.2) is 0 Å². The van der Waals surface area contributed by atoms with Gasteiger partial charge in [-0.15, -0.1) is 0 Å². The quantitative estimate of drug-likeness (QED) is 0.0894. The molecule has 0 saturated heterocycles. The molecular weight excluding hydrogens is 624 g/mol. The van der Waals surface area contributed by atoms with Gasteiger partial charge in [-0.05, 0) is 65.3 Å². The third kappa shape index (κ3) is 6.49. The van der Waals surface area contributed by atoms with Gasteiger partial charge in [-0.3, -0.25) is 0 Å². The molecule has 0 aromatic heterocycles. The van der Waals surface area contributed by atoms with Crippen LogP contribution in [0.4, 0.5) is 17.6 Å². The van der Waals surface area contributed by atoms with Crippen LogP contribution in [0.15, 0.2) is 130 Å². The Morgan fingerprint density at radius 1 is 0.659 bits per heavy atom. The van der Waals surface area contributed by atoms with Crippen LogP contribution in [0.5, 0.6) is 0 Å². The van der Waals surface area contributed by atoms with Gasteiger partial charge >= 0.3 is 33.2 Å². The maximum absolute atomic E-state index is 15.4. The highest BCUT2D eigenvalue weighted by atomic mass is 32.3. The summed E-state index contributed by atoms with van der Waals surface area (Å²) in [5.74, 6) is -7.75. The number of halogens is 4. The lowest BCUT2D eigenvalue weighted by Crippen LogP contribution is -2.48. The van der Waals surface area contributed by atoms with E-state index < -0.39 is 68.6 Å². The van der Waals surface area contributed by atoms with E-state index in [4.69, 9.17) is 8.37 Å². The highest BCUT2D eigenvalue weighted by molar-refractivity contribution is 8.33. The van der Waals surface area contributed by atoms with Crippen molar-refractivity contribution in [3.63, 3.8) is 0 Å². The van der Waals surface area contributed by atoms with E-state index in [1.165, 1.54) is 48.5 Å². The number of hydrogen-bond donors (Lipinski definition) is 1. The van der Waals surface area contributed by atoms with Crippen LogP contribution in [-0.2, 0) is 18.5 Å². The number of rotatable bonds is 13. The van der Waals surface area contributed by atoms with Gasteiger partial charge in [-0.2, -0.15) is 26.0 Å². The first-order chi connectivity index (χ1) is 20.8. The smallest absolute Gasteiger partial charge is 0.432 e. The van der Waals surface area contributed by atoms with Gasteiger partial charge in [0.05, 0.1) is 17.7 Å². The zero-order chi connectivity index (χ0) is 32.0. The molecule has 0 fully saturated rings. The highest BCUT2D eigenvalue weighted by Crippen LogP contribution is 2.70. The molecule has 7 nitrogen and oxygen atoms in total. The Morgan fingerprint density at radius 3 is 1.50 bits per heavy atom. The molecule has 44 heavy (non-hydrogen) atoms. The first kappa shape index (κ1) is 32.7. The first-order valence-electron chi connectivity index (χ1n) is 13.0. The molecule has 0 amide bonds. The highest BCUT2D eigenvalue weighted by Gasteiger charge is 2.67. The van der Waals surface area contributed by atoms with Gasteiger partial charge in [0.2, 0.25) is 0 Å². The molecule has 0 bridgehead atoms. The Balaban J connectivity index is 1.61. The van der Waals surface area contributed by atoms with Crippen molar-refractivity contribution >= 4 is 32.4 Å². The summed E-state index contributed by atoms with van der Waals surface area (Å²) in [6, 6.07) is 27.9. The summed E-state index contributed by atoms with van der Waals surface area (Å²) < 4.78 is 97.8. The molecule has 1 N–H and O–H groups in total. The average molecular weight is 651 g/mol. The standard InChI is InChI=1S/C31H26F4O7S2/c32-30(33,21-12-22-41-29(38)27-20-11-10-19-26(27)28(36)37)31(34,35)44(39,40)42-43(23-13-4-1-5-14-23,24-15-6-2-7-16-24)25-17-8-3-9-18-25/h1-11,13-20H,12,21-22H2,(H,36,37). The van der Waals surface area contributed by atoms with Crippen molar-refractivity contribution in [1.29, 1.82) is 0 Å². The van der Waals surface area contributed by atoms with Crippen molar-refractivity contribution in [2.45, 2.75) is 38.7 Å². The normalized spacial score (nSPS) is 12.8. The molecule has 0 heterocycles. The van der Waals surface area contributed by atoms with Crippen LogP contribution in [0.25, 0.3) is 0 Å². The second-order valence-corrected chi connectivity index (χ2v) is 13.8. The number of carbonyl (C=O) groups is 2. The van der Waals surface area contributed by atoms with Gasteiger partial charge in [0.1, 0.15) is 0 Å². The van der Waals surface area contributed by atoms with E-state index in [0.717, 1.165) is 12.1 Å². The lowest BCUT2D eigenvalue weighted by molar-refractivity contribution is -0.165. The van der Waals surface area contributed by atoms with Gasteiger partial charge in [-0.1, -0.05) is 66.7 Å². The molecule has 4 aromatic rings. The van der Waals surface area contributed by atoms with Gasteiger partial charge in [0, 0.05) is 21.1 Å². The second-order valence-electron chi connectivity index (χ2n) is 9.33. The van der Waals surface area contributed by atoms with Crippen molar-refractivity contribution < 1.29 is 49.0 Å². The maximum atomic E-state index is 15.4. The second kappa shape index (κ2) is 13.2. The fourth-order valence-electron chi connectivity index (χ4n) is 4.25. The van der Waals surface area contributed by atoms with Crippen molar-refractivity contribution in [3.8, 4) is 0 Å². The number of alkyl halides is 4. The van der Waals surface area contributed by atoms with E-state index in [2.05, 4.69) is 0 Å². The monoisotopic (exact) mass is 650 g/mol. The summed E-state index contributed by atoms with van der Waals surface area (Å²) in [6.45, 7) is -0.813. The molecule has 0 aliphatic rings. The summed E-state index contributed by atoms with van der Waals surface area (Å²) >= 11 is 0.